The van der Waals surface area contributed by atoms with Crippen LogP contribution in [0.15, 0.2) is 18.5 Å². The van der Waals surface area contributed by atoms with Crippen molar-refractivity contribution in [3.63, 3.8) is 0 Å². The minimum atomic E-state index is -0.0471. The van der Waals surface area contributed by atoms with Crippen molar-refractivity contribution in [1.82, 2.24) is 20.0 Å². The Balaban J connectivity index is 1.77. The number of nitrogens with zero attached hydrogens (tertiary/aromatic N) is 3. The van der Waals surface area contributed by atoms with Crippen LogP contribution in [0.25, 0.3) is 0 Å². The van der Waals surface area contributed by atoms with E-state index in [-0.39, 0.29) is 17.9 Å². The maximum Gasteiger partial charge on any atom is 0.222 e. The summed E-state index contributed by atoms with van der Waals surface area (Å²) < 4.78 is 1.94. The summed E-state index contributed by atoms with van der Waals surface area (Å²) in [6.45, 7) is 3.62. The molecule has 1 aliphatic rings. The Morgan fingerprint density at radius 2 is 2.30 bits per heavy atom. The van der Waals surface area contributed by atoms with Crippen LogP contribution in [0.4, 0.5) is 0 Å². The van der Waals surface area contributed by atoms with Crippen LogP contribution in [0, 0.1) is 0 Å². The summed E-state index contributed by atoms with van der Waals surface area (Å²) in [6.07, 6.45) is 7.00. The molecule has 1 N–H and O–H groups in total. The van der Waals surface area contributed by atoms with Crippen molar-refractivity contribution >= 4 is 11.8 Å². The molecule has 0 bridgehead atoms. The summed E-state index contributed by atoms with van der Waals surface area (Å²) in [7, 11) is 0. The van der Waals surface area contributed by atoms with Crippen LogP contribution in [0.3, 0.4) is 0 Å². The highest BCUT2D eigenvalue weighted by Crippen LogP contribution is 2.21. The van der Waals surface area contributed by atoms with Crippen LogP contribution in [0.5, 0.6) is 0 Å². The number of carbonyl (C=O) groups is 2. The molecule has 2 rings (SSSR count). The lowest BCUT2D eigenvalue weighted by atomic mass is 10.1. The van der Waals surface area contributed by atoms with Gasteiger partial charge in [-0.25, -0.2) is 0 Å². The van der Waals surface area contributed by atoms with Crippen LogP contribution < -0.4 is 5.32 Å². The van der Waals surface area contributed by atoms with Crippen molar-refractivity contribution in [2.45, 2.75) is 38.6 Å². The molecule has 0 radical (unpaired) electrons. The smallest absolute Gasteiger partial charge is 0.222 e. The Morgan fingerprint density at radius 1 is 1.45 bits per heavy atom. The van der Waals surface area contributed by atoms with Gasteiger partial charge in [-0.15, -0.1) is 0 Å². The Bertz CT molecular complexity index is 444. The summed E-state index contributed by atoms with van der Waals surface area (Å²) in [5.41, 5.74) is 0. The van der Waals surface area contributed by atoms with E-state index in [4.69, 9.17) is 0 Å². The van der Waals surface area contributed by atoms with Gasteiger partial charge in [-0.05, 0) is 25.3 Å². The van der Waals surface area contributed by atoms with Gasteiger partial charge in [-0.3, -0.25) is 14.3 Å². The molecule has 2 heterocycles. The van der Waals surface area contributed by atoms with Gasteiger partial charge in [0.15, 0.2) is 0 Å². The minimum absolute atomic E-state index is 0.0471. The van der Waals surface area contributed by atoms with Crippen LogP contribution >= 0.6 is 0 Å². The zero-order valence-corrected chi connectivity index (χ0v) is 11.9. The number of rotatable bonds is 5. The van der Waals surface area contributed by atoms with Gasteiger partial charge >= 0.3 is 0 Å². The van der Waals surface area contributed by atoms with E-state index in [0.29, 0.717) is 19.4 Å². The summed E-state index contributed by atoms with van der Waals surface area (Å²) >= 11 is 0. The lowest BCUT2D eigenvalue weighted by molar-refractivity contribution is -0.133. The fourth-order valence-electron chi connectivity index (χ4n) is 2.56. The quantitative estimate of drug-likeness (QED) is 0.816. The summed E-state index contributed by atoms with van der Waals surface area (Å²) in [4.78, 5) is 24.8. The standard InChI is InChI=1S/C14H22N4O2/c1-12(19)15-7-2-6-14(20)17-9-3-5-13(11-17)18-10-4-8-16-18/h4,8,10,13H,2-3,5-7,9,11H2,1H3,(H,15,19)/t13-/m1/s1. The Hall–Kier alpha value is -1.85. The predicted molar refractivity (Wildman–Crippen MR) is 75.0 cm³/mol. The highest BCUT2D eigenvalue weighted by atomic mass is 16.2. The van der Waals surface area contributed by atoms with E-state index in [1.54, 1.807) is 6.20 Å². The van der Waals surface area contributed by atoms with Crippen molar-refractivity contribution in [1.29, 1.82) is 0 Å². The third-order valence-corrected chi connectivity index (χ3v) is 3.59. The van der Waals surface area contributed by atoms with Gasteiger partial charge < -0.3 is 10.2 Å². The van der Waals surface area contributed by atoms with Crippen molar-refractivity contribution in [2.75, 3.05) is 19.6 Å². The van der Waals surface area contributed by atoms with Gasteiger partial charge in [0.2, 0.25) is 11.8 Å². The molecule has 0 unspecified atom stereocenters. The zero-order valence-electron chi connectivity index (χ0n) is 11.9. The topological polar surface area (TPSA) is 67.2 Å². The van der Waals surface area contributed by atoms with E-state index < -0.39 is 0 Å². The molecule has 1 aromatic rings. The second kappa shape index (κ2) is 7.07. The SMILES string of the molecule is CC(=O)NCCCC(=O)N1CCC[C@@H](n2cccn2)C1. The minimum Gasteiger partial charge on any atom is -0.356 e. The predicted octanol–water partition coefficient (Wildman–Crippen LogP) is 0.963. The maximum atomic E-state index is 12.1. The van der Waals surface area contributed by atoms with Crippen LogP contribution in [0.2, 0.25) is 0 Å². The van der Waals surface area contributed by atoms with Gasteiger partial charge in [0.25, 0.3) is 0 Å². The number of nitrogens with one attached hydrogen (secondary N) is 1. The summed E-state index contributed by atoms with van der Waals surface area (Å²) in [5.74, 6) is 0.126. The molecule has 0 spiro atoms. The molecule has 0 aliphatic carbocycles. The first kappa shape index (κ1) is 14.6. The number of carbonyl (C=O) groups excluding carboxylic acids is 2. The normalized spacial score (nSPS) is 18.9. The molecule has 110 valence electrons. The second-order valence-corrected chi connectivity index (χ2v) is 5.21. The lowest BCUT2D eigenvalue weighted by Crippen LogP contribution is -2.41. The van der Waals surface area contributed by atoms with Crippen molar-refractivity contribution in [2.24, 2.45) is 0 Å². The fraction of sp³-hybridized carbons (Fsp3) is 0.643. The maximum absolute atomic E-state index is 12.1. The Labute approximate surface area is 119 Å². The van der Waals surface area contributed by atoms with Gasteiger partial charge in [-0.1, -0.05) is 0 Å². The van der Waals surface area contributed by atoms with Crippen LogP contribution in [0.1, 0.15) is 38.6 Å². The van der Waals surface area contributed by atoms with Crippen molar-refractivity contribution in [3.8, 4) is 0 Å². The first-order valence-corrected chi connectivity index (χ1v) is 7.18. The third-order valence-electron chi connectivity index (χ3n) is 3.59. The van der Waals surface area contributed by atoms with Gasteiger partial charge in [0.05, 0.1) is 6.04 Å². The number of likely N-dealkylation sites (tertiary alicyclic amines) is 1. The fourth-order valence-corrected chi connectivity index (χ4v) is 2.56. The average Bonchev–Trinajstić information content (AvgIpc) is 2.97. The highest BCUT2D eigenvalue weighted by Gasteiger charge is 2.24. The first-order valence-electron chi connectivity index (χ1n) is 7.18. The number of hydrogen-bond acceptors (Lipinski definition) is 3. The molecular formula is C14H22N4O2. The largest absolute Gasteiger partial charge is 0.356 e. The zero-order chi connectivity index (χ0) is 14.4. The van der Waals surface area contributed by atoms with E-state index in [1.165, 1.54) is 6.92 Å². The third kappa shape index (κ3) is 4.08. The van der Waals surface area contributed by atoms with E-state index in [1.807, 2.05) is 21.8 Å². The molecular weight excluding hydrogens is 256 g/mol. The lowest BCUT2D eigenvalue weighted by Gasteiger charge is -2.33. The molecule has 2 amide bonds. The van der Waals surface area contributed by atoms with E-state index in [2.05, 4.69) is 10.4 Å². The van der Waals surface area contributed by atoms with Gasteiger partial charge in [0.1, 0.15) is 0 Å². The van der Waals surface area contributed by atoms with Crippen molar-refractivity contribution < 1.29 is 9.59 Å². The molecule has 0 aromatic carbocycles. The van der Waals surface area contributed by atoms with Gasteiger partial charge in [0, 0.05) is 45.4 Å². The van der Waals surface area contributed by atoms with E-state index in [9.17, 15) is 9.59 Å². The van der Waals surface area contributed by atoms with Gasteiger partial charge in [-0.2, -0.15) is 5.10 Å². The summed E-state index contributed by atoms with van der Waals surface area (Å²) in [6, 6.07) is 2.20. The molecule has 6 heteroatoms. The molecule has 1 fully saturated rings. The molecule has 1 atom stereocenters. The number of aromatic nitrogens is 2. The average molecular weight is 278 g/mol. The molecule has 1 saturated heterocycles. The van der Waals surface area contributed by atoms with E-state index >= 15 is 0 Å². The van der Waals surface area contributed by atoms with Crippen LogP contribution in [-0.4, -0.2) is 46.1 Å². The Kier molecular flexibility index (Phi) is 5.15. The molecule has 1 aliphatic heterocycles. The molecule has 20 heavy (non-hydrogen) atoms. The number of piperidine rings is 1. The van der Waals surface area contributed by atoms with Crippen LogP contribution in [-0.2, 0) is 9.59 Å². The number of hydrogen-bond donors (Lipinski definition) is 1. The summed E-state index contributed by atoms with van der Waals surface area (Å²) in [5, 5.41) is 6.97. The number of amides is 2. The molecule has 0 saturated carbocycles. The Morgan fingerprint density at radius 3 is 3.00 bits per heavy atom. The molecule has 1 aromatic heterocycles. The first-order chi connectivity index (χ1) is 9.66. The second-order valence-electron chi connectivity index (χ2n) is 5.21. The van der Waals surface area contributed by atoms with E-state index in [0.717, 1.165) is 25.9 Å². The van der Waals surface area contributed by atoms with Crippen molar-refractivity contribution in [3.05, 3.63) is 18.5 Å². The monoisotopic (exact) mass is 278 g/mol. The molecule has 6 nitrogen and oxygen atoms in total. The highest BCUT2D eigenvalue weighted by molar-refractivity contribution is 5.76.